The lowest BCUT2D eigenvalue weighted by Crippen LogP contribution is -2.36. The maximum absolute atomic E-state index is 4.86. The van der Waals surface area contributed by atoms with Crippen molar-refractivity contribution in [1.82, 2.24) is 19.4 Å². The fourth-order valence-corrected chi connectivity index (χ4v) is 3.53. The van der Waals surface area contributed by atoms with Crippen molar-refractivity contribution in [2.75, 3.05) is 19.6 Å². The van der Waals surface area contributed by atoms with Gasteiger partial charge in [0.1, 0.15) is 11.3 Å². The van der Waals surface area contributed by atoms with Crippen LogP contribution in [-0.2, 0) is 6.42 Å². The van der Waals surface area contributed by atoms with Crippen molar-refractivity contribution in [3.63, 3.8) is 0 Å². The lowest BCUT2D eigenvalue weighted by atomic mass is 9.94. The van der Waals surface area contributed by atoms with Gasteiger partial charge in [0.15, 0.2) is 5.65 Å². The van der Waals surface area contributed by atoms with Crippen molar-refractivity contribution in [3.8, 4) is 0 Å². The summed E-state index contributed by atoms with van der Waals surface area (Å²) in [6.45, 7) is 10.3. The molecule has 0 spiro atoms. The quantitative estimate of drug-likeness (QED) is 0.865. The van der Waals surface area contributed by atoms with Crippen molar-refractivity contribution >= 4 is 11.2 Å². The van der Waals surface area contributed by atoms with Gasteiger partial charge < -0.3 is 9.47 Å². The van der Waals surface area contributed by atoms with E-state index in [1.54, 1.807) is 0 Å². The number of likely N-dealkylation sites (tertiary alicyclic amines) is 1. The summed E-state index contributed by atoms with van der Waals surface area (Å²) in [5.74, 6) is 1.94. The number of fused-ring (bicyclic) bond motifs is 1. The van der Waals surface area contributed by atoms with Gasteiger partial charge in [0.2, 0.25) is 0 Å². The highest BCUT2D eigenvalue weighted by atomic mass is 15.2. The molecule has 0 amide bonds. The van der Waals surface area contributed by atoms with Crippen molar-refractivity contribution in [3.05, 3.63) is 24.2 Å². The summed E-state index contributed by atoms with van der Waals surface area (Å²) >= 11 is 0. The Labute approximate surface area is 127 Å². The fourth-order valence-electron chi connectivity index (χ4n) is 3.53. The minimum atomic E-state index is 0.408. The Morgan fingerprint density at radius 2 is 2.24 bits per heavy atom. The van der Waals surface area contributed by atoms with E-state index in [2.05, 4.69) is 41.3 Å². The van der Waals surface area contributed by atoms with E-state index < -0.39 is 0 Å². The van der Waals surface area contributed by atoms with Gasteiger partial charge in [-0.05, 0) is 57.8 Å². The summed E-state index contributed by atoms with van der Waals surface area (Å²) in [6.07, 6.45) is 5.58. The Morgan fingerprint density at radius 3 is 3.00 bits per heavy atom. The third-order valence-electron chi connectivity index (χ3n) is 4.56. The van der Waals surface area contributed by atoms with Gasteiger partial charge in [-0.1, -0.05) is 6.92 Å². The van der Waals surface area contributed by atoms with E-state index >= 15 is 0 Å². The van der Waals surface area contributed by atoms with Gasteiger partial charge in [-0.2, -0.15) is 0 Å². The van der Waals surface area contributed by atoms with Crippen LogP contribution in [0.5, 0.6) is 0 Å². The molecular formula is C17H26N4. The van der Waals surface area contributed by atoms with E-state index in [0.717, 1.165) is 23.5 Å². The highest BCUT2D eigenvalue weighted by Gasteiger charge is 2.22. The van der Waals surface area contributed by atoms with Crippen LogP contribution in [0, 0.1) is 5.92 Å². The third-order valence-corrected chi connectivity index (χ3v) is 4.56. The van der Waals surface area contributed by atoms with Crippen LogP contribution in [0.4, 0.5) is 0 Å². The molecule has 0 bridgehead atoms. The van der Waals surface area contributed by atoms with Gasteiger partial charge in [-0.15, -0.1) is 0 Å². The number of imidazole rings is 1. The van der Waals surface area contributed by atoms with Crippen molar-refractivity contribution in [2.24, 2.45) is 5.92 Å². The van der Waals surface area contributed by atoms with Crippen LogP contribution in [0.3, 0.4) is 0 Å². The van der Waals surface area contributed by atoms with E-state index in [9.17, 15) is 0 Å². The number of pyridine rings is 1. The Morgan fingerprint density at radius 1 is 1.38 bits per heavy atom. The molecule has 1 atom stereocenters. The van der Waals surface area contributed by atoms with E-state index in [0.29, 0.717) is 6.04 Å². The maximum atomic E-state index is 4.86. The number of hydrogen-bond acceptors (Lipinski definition) is 3. The summed E-state index contributed by atoms with van der Waals surface area (Å²) in [6, 6.07) is 4.46. The first-order valence-electron chi connectivity index (χ1n) is 8.23. The van der Waals surface area contributed by atoms with E-state index in [1.165, 1.54) is 38.3 Å². The first-order valence-corrected chi connectivity index (χ1v) is 8.23. The van der Waals surface area contributed by atoms with E-state index in [1.807, 2.05) is 12.3 Å². The Hall–Kier alpha value is -1.42. The molecule has 3 heterocycles. The van der Waals surface area contributed by atoms with Gasteiger partial charge in [-0.3, -0.25) is 0 Å². The highest BCUT2D eigenvalue weighted by molar-refractivity contribution is 5.71. The van der Waals surface area contributed by atoms with Crippen LogP contribution < -0.4 is 0 Å². The Bertz CT molecular complexity index is 602. The zero-order chi connectivity index (χ0) is 14.8. The number of rotatable bonds is 4. The SMILES string of the molecule is CCN1CCCC(Cc2nc3cccnc3n2C(C)C)C1. The average Bonchev–Trinajstić information content (AvgIpc) is 2.85. The molecule has 0 radical (unpaired) electrons. The molecule has 1 aliphatic heterocycles. The van der Waals surface area contributed by atoms with Gasteiger partial charge in [0, 0.05) is 25.2 Å². The predicted octanol–water partition coefficient (Wildman–Crippen LogP) is 3.29. The molecule has 1 aliphatic rings. The van der Waals surface area contributed by atoms with E-state index in [-0.39, 0.29) is 0 Å². The summed E-state index contributed by atoms with van der Waals surface area (Å²) in [7, 11) is 0. The number of aromatic nitrogens is 3. The number of piperidine rings is 1. The minimum absolute atomic E-state index is 0.408. The van der Waals surface area contributed by atoms with Crippen molar-refractivity contribution < 1.29 is 0 Å². The molecule has 1 fully saturated rings. The largest absolute Gasteiger partial charge is 0.310 e. The normalized spacial score (nSPS) is 20.5. The van der Waals surface area contributed by atoms with E-state index in [4.69, 9.17) is 4.98 Å². The standard InChI is InChI=1S/C17H26N4/c1-4-20-10-6-7-14(12-20)11-16-19-15-8-5-9-18-17(15)21(16)13(2)3/h5,8-9,13-14H,4,6-7,10-12H2,1-3H3. The lowest BCUT2D eigenvalue weighted by molar-refractivity contribution is 0.180. The van der Waals surface area contributed by atoms with Crippen LogP contribution in [0.1, 0.15) is 45.5 Å². The molecule has 1 unspecified atom stereocenters. The molecule has 4 nitrogen and oxygen atoms in total. The molecule has 4 heteroatoms. The molecule has 0 saturated carbocycles. The van der Waals surface area contributed by atoms with Crippen molar-refractivity contribution in [1.29, 1.82) is 0 Å². The third kappa shape index (κ3) is 2.95. The molecule has 114 valence electrons. The van der Waals surface area contributed by atoms with Gasteiger partial charge in [0.05, 0.1) is 0 Å². The highest BCUT2D eigenvalue weighted by Crippen LogP contribution is 2.25. The Balaban J connectivity index is 1.87. The second-order valence-electron chi connectivity index (χ2n) is 6.44. The molecule has 2 aromatic heterocycles. The zero-order valence-electron chi connectivity index (χ0n) is 13.4. The second kappa shape index (κ2) is 6.14. The molecule has 2 aromatic rings. The first-order chi connectivity index (χ1) is 10.2. The van der Waals surface area contributed by atoms with Crippen LogP contribution >= 0.6 is 0 Å². The topological polar surface area (TPSA) is 34.0 Å². The molecular weight excluding hydrogens is 260 g/mol. The molecule has 21 heavy (non-hydrogen) atoms. The van der Waals surface area contributed by atoms with Gasteiger partial charge in [0.25, 0.3) is 0 Å². The van der Waals surface area contributed by atoms with Crippen molar-refractivity contribution in [2.45, 2.75) is 46.1 Å². The van der Waals surface area contributed by atoms with Crippen LogP contribution in [0.2, 0.25) is 0 Å². The van der Waals surface area contributed by atoms with Gasteiger partial charge in [-0.25, -0.2) is 9.97 Å². The van der Waals surface area contributed by atoms with Crippen LogP contribution in [0.25, 0.3) is 11.2 Å². The minimum Gasteiger partial charge on any atom is -0.310 e. The summed E-state index contributed by atoms with van der Waals surface area (Å²) in [4.78, 5) is 12.0. The van der Waals surface area contributed by atoms with Gasteiger partial charge >= 0.3 is 0 Å². The first kappa shape index (κ1) is 14.5. The molecule has 0 aromatic carbocycles. The molecule has 0 N–H and O–H groups in total. The molecule has 1 saturated heterocycles. The predicted molar refractivity (Wildman–Crippen MR) is 86.5 cm³/mol. The maximum Gasteiger partial charge on any atom is 0.160 e. The zero-order valence-corrected chi connectivity index (χ0v) is 13.4. The number of hydrogen-bond donors (Lipinski definition) is 0. The summed E-state index contributed by atoms with van der Waals surface area (Å²) in [5, 5.41) is 0. The second-order valence-corrected chi connectivity index (χ2v) is 6.44. The summed E-state index contributed by atoms with van der Waals surface area (Å²) in [5.41, 5.74) is 2.06. The molecule has 0 aliphatic carbocycles. The average molecular weight is 286 g/mol. The number of nitrogens with zero attached hydrogens (tertiary/aromatic N) is 4. The van der Waals surface area contributed by atoms with Crippen LogP contribution in [0.15, 0.2) is 18.3 Å². The molecule has 3 rings (SSSR count). The Kier molecular flexibility index (Phi) is 4.24. The fraction of sp³-hybridized carbons (Fsp3) is 0.647. The van der Waals surface area contributed by atoms with Crippen LogP contribution in [-0.4, -0.2) is 39.1 Å². The lowest BCUT2D eigenvalue weighted by Gasteiger charge is -2.31. The smallest absolute Gasteiger partial charge is 0.160 e. The summed E-state index contributed by atoms with van der Waals surface area (Å²) < 4.78 is 2.32. The monoisotopic (exact) mass is 286 g/mol.